The zero-order valence-electron chi connectivity index (χ0n) is 18.3. The molecule has 2 aromatic rings. The number of amides is 1. The lowest BCUT2D eigenvalue weighted by Gasteiger charge is -2.34. The summed E-state index contributed by atoms with van der Waals surface area (Å²) in [6.07, 6.45) is 4.04. The second-order valence-corrected chi connectivity index (χ2v) is 7.88. The molecule has 0 N–H and O–H groups in total. The van der Waals surface area contributed by atoms with Crippen LogP contribution in [-0.2, 0) is 16.0 Å². The largest absolute Gasteiger partial charge is 0.462 e. The van der Waals surface area contributed by atoms with Crippen molar-refractivity contribution >= 4 is 17.6 Å². The van der Waals surface area contributed by atoms with Crippen molar-refractivity contribution in [3.8, 4) is 0 Å². The Bertz CT molecular complexity index is 857. The number of ether oxygens (including phenoxy) is 1. The Morgan fingerprint density at radius 1 is 1.03 bits per heavy atom. The van der Waals surface area contributed by atoms with Crippen LogP contribution in [0.4, 0.5) is 5.69 Å². The van der Waals surface area contributed by atoms with Crippen LogP contribution in [0, 0.1) is 0 Å². The number of para-hydroxylation sites is 1. The van der Waals surface area contributed by atoms with Crippen LogP contribution in [0.15, 0.2) is 48.5 Å². The third-order valence-corrected chi connectivity index (χ3v) is 5.88. The summed E-state index contributed by atoms with van der Waals surface area (Å²) in [4.78, 5) is 29.0. The number of carbonyl (C=O) groups is 2. The number of nitrogens with zero attached hydrogens (tertiary/aromatic N) is 2. The van der Waals surface area contributed by atoms with E-state index in [1.807, 2.05) is 30.1 Å². The molecule has 2 aromatic carbocycles. The summed E-state index contributed by atoms with van der Waals surface area (Å²) < 4.78 is 5.01. The Morgan fingerprint density at radius 2 is 1.70 bits per heavy atom. The summed E-state index contributed by atoms with van der Waals surface area (Å²) in [6.45, 7) is 6.37. The molecular formula is C25H32N2O3. The van der Waals surface area contributed by atoms with Gasteiger partial charge in [0.2, 0.25) is 5.91 Å². The number of carbonyl (C=O) groups excluding carboxylic acids is 2. The molecular weight excluding hydrogens is 376 g/mol. The Kier molecular flexibility index (Phi) is 7.50. The Morgan fingerprint density at radius 3 is 2.37 bits per heavy atom. The molecule has 5 nitrogen and oxygen atoms in total. The van der Waals surface area contributed by atoms with Gasteiger partial charge in [-0.15, -0.1) is 0 Å². The maximum absolute atomic E-state index is 13.0. The van der Waals surface area contributed by atoms with Gasteiger partial charge in [0, 0.05) is 25.8 Å². The number of hydrogen-bond donors (Lipinski definition) is 0. The van der Waals surface area contributed by atoms with Gasteiger partial charge < -0.3 is 14.5 Å². The quantitative estimate of drug-likeness (QED) is 0.628. The molecule has 0 aromatic heterocycles. The van der Waals surface area contributed by atoms with E-state index in [4.69, 9.17) is 4.74 Å². The topological polar surface area (TPSA) is 49.9 Å². The minimum Gasteiger partial charge on any atom is -0.462 e. The number of likely N-dealkylation sites (N-methyl/N-ethyl adjacent to an activating group) is 1. The second kappa shape index (κ2) is 10.3. The van der Waals surface area contributed by atoms with Crippen LogP contribution in [0.5, 0.6) is 0 Å². The molecule has 1 atom stereocenters. The lowest BCUT2D eigenvalue weighted by Crippen LogP contribution is -2.34. The molecule has 0 aliphatic carbocycles. The molecule has 1 aliphatic rings. The lowest BCUT2D eigenvalue weighted by molar-refractivity contribution is -0.131. The molecule has 3 rings (SSSR count). The third-order valence-electron chi connectivity index (χ3n) is 5.88. The Labute approximate surface area is 179 Å². The monoisotopic (exact) mass is 408 g/mol. The van der Waals surface area contributed by atoms with Crippen molar-refractivity contribution in [2.45, 2.75) is 45.6 Å². The zero-order valence-corrected chi connectivity index (χ0v) is 18.3. The minimum atomic E-state index is -0.338. The van der Waals surface area contributed by atoms with Gasteiger partial charge in [0.05, 0.1) is 24.6 Å². The van der Waals surface area contributed by atoms with Gasteiger partial charge in [-0.3, -0.25) is 4.79 Å². The van der Waals surface area contributed by atoms with Gasteiger partial charge in [0.1, 0.15) is 0 Å². The molecule has 1 aliphatic heterocycles. The number of anilines is 1. The lowest BCUT2D eigenvalue weighted by atomic mass is 10.0. The fraction of sp³-hybridized carbons (Fsp3) is 0.440. The van der Waals surface area contributed by atoms with Gasteiger partial charge in [-0.1, -0.05) is 30.3 Å². The summed E-state index contributed by atoms with van der Waals surface area (Å²) >= 11 is 0. The predicted octanol–water partition coefficient (Wildman–Crippen LogP) is 4.62. The van der Waals surface area contributed by atoms with Crippen molar-refractivity contribution in [2.24, 2.45) is 0 Å². The zero-order chi connectivity index (χ0) is 21.5. The normalized spacial score (nSPS) is 14.8. The van der Waals surface area contributed by atoms with Crippen LogP contribution in [0.25, 0.3) is 0 Å². The van der Waals surface area contributed by atoms with Crippen LogP contribution in [0.3, 0.4) is 0 Å². The highest BCUT2D eigenvalue weighted by molar-refractivity contribution is 5.89. The molecule has 0 saturated carbocycles. The number of rotatable bonds is 7. The van der Waals surface area contributed by atoms with E-state index in [9.17, 15) is 9.59 Å². The molecule has 1 saturated heterocycles. The average Bonchev–Trinajstić information content (AvgIpc) is 2.79. The first-order valence-electron chi connectivity index (χ1n) is 10.9. The number of piperidine rings is 1. The molecule has 0 radical (unpaired) electrons. The first kappa shape index (κ1) is 21.9. The van der Waals surface area contributed by atoms with Crippen LogP contribution >= 0.6 is 0 Å². The third kappa shape index (κ3) is 5.21. The molecule has 1 unspecified atom stereocenters. The van der Waals surface area contributed by atoms with Crippen molar-refractivity contribution in [1.29, 1.82) is 0 Å². The molecule has 30 heavy (non-hydrogen) atoms. The van der Waals surface area contributed by atoms with Gasteiger partial charge in [0.15, 0.2) is 0 Å². The van der Waals surface area contributed by atoms with Crippen molar-refractivity contribution in [2.75, 3.05) is 31.6 Å². The second-order valence-electron chi connectivity index (χ2n) is 7.88. The van der Waals surface area contributed by atoms with Crippen molar-refractivity contribution < 1.29 is 14.3 Å². The van der Waals surface area contributed by atoms with E-state index in [-0.39, 0.29) is 17.9 Å². The smallest absolute Gasteiger partial charge is 0.338 e. The van der Waals surface area contributed by atoms with Crippen molar-refractivity contribution in [3.05, 3.63) is 65.2 Å². The van der Waals surface area contributed by atoms with E-state index in [0.717, 1.165) is 18.7 Å². The highest BCUT2D eigenvalue weighted by Gasteiger charge is 2.23. The van der Waals surface area contributed by atoms with Crippen LogP contribution in [-0.4, -0.2) is 43.5 Å². The van der Waals surface area contributed by atoms with Gasteiger partial charge in [-0.2, -0.15) is 0 Å². The summed E-state index contributed by atoms with van der Waals surface area (Å²) in [6, 6.07) is 15.5. The van der Waals surface area contributed by atoms with Crippen molar-refractivity contribution in [3.63, 3.8) is 0 Å². The average molecular weight is 409 g/mol. The summed E-state index contributed by atoms with van der Waals surface area (Å²) in [5, 5.41) is 0. The Hall–Kier alpha value is -2.82. The van der Waals surface area contributed by atoms with E-state index in [0.29, 0.717) is 18.6 Å². The summed E-state index contributed by atoms with van der Waals surface area (Å²) in [7, 11) is 1.87. The van der Waals surface area contributed by atoms with E-state index in [2.05, 4.69) is 30.0 Å². The molecule has 1 amide bonds. The summed E-state index contributed by atoms with van der Waals surface area (Å²) in [5.74, 6) is -0.282. The number of benzene rings is 2. The van der Waals surface area contributed by atoms with E-state index >= 15 is 0 Å². The van der Waals surface area contributed by atoms with E-state index in [1.165, 1.54) is 30.5 Å². The van der Waals surface area contributed by atoms with Crippen LogP contribution in [0.2, 0.25) is 0 Å². The van der Waals surface area contributed by atoms with Gasteiger partial charge in [0.25, 0.3) is 0 Å². The first-order chi connectivity index (χ1) is 14.5. The van der Waals surface area contributed by atoms with Crippen LogP contribution < -0.4 is 4.90 Å². The maximum atomic E-state index is 13.0. The van der Waals surface area contributed by atoms with Gasteiger partial charge in [-0.25, -0.2) is 4.79 Å². The molecule has 0 bridgehead atoms. The predicted molar refractivity (Wildman–Crippen MR) is 120 cm³/mol. The minimum absolute atomic E-state index is 0.0190. The van der Waals surface area contributed by atoms with E-state index in [1.54, 1.807) is 19.1 Å². The SMILES string of the molecule is CCOC(=O)c1ccc(CC(=O)N(C)C(C)c2ccccc2N2CCCCC2)cc1. The van der Waals surface area contributed by atoms with Gasteiger partial charge in [-0.05, 0) is 62.4 Å². The standard InChI is InChI=1S/C25H32N2O3/c1-4-30-25(29)21-14-12-20(13-15-21)18-24(28)26(3)19(2)22-10-6-7-11-23(22)27-16-8-5-9-17-27/h6-7,10-15,19H,4-5,8-9,16-18H2,1-3H3. The summed E-state index contributed by atoms with van der Waals surface area (Å²) in [5.41, 5.74) is 3.82. The fourth-order valence-electron chi connectivity index (χ4n) is 3.96. The number of hydrogen-bond acceptors (Lipinski definition) is 4. The molecule has 1 fully saturated rings. The molecule has 5 heteroatoms. The van der Waals surface area contributed by atoms with Gasteiger partial charge >= 0.3 is 5.97 Å². The maximum Gasteiger partial charge on any atom is 0.338 e. The number of esters is 1. The Balaban J connectivity index is 1.68. The molecule has 0 spiro atoms. The van der Waals surface area contributed by atoms with Crippen molar-refractivity contribution in [1.82, 2.24) is 4.90 Å². The first-order valence-corrected chi connectivity index (χ1v) is 10.9. The van der Waals surface area contributed by atoms with E-state index < -0.39 is 0 Å². The highest BCUT2D eigenvalue weighted by atomic mass is 16.5. The van der Waals surface area contributed by atoms with Crippen LogP contribution in [0.1, 0.15) is 60.6 Å². The highest BCUT2D eigenvalue weighted by Crippen LogP contribution is 2.31. The fourth-order valence-corrected chi connectivity index (χ4v) is 3.96. The molecule has 1 heterocycles. The molecule has 160 valence electrons.